The summed E-state index contributed by atoms with van der Waals surface area (Å²) < 4.78 is 9.97. The molecule has 1 aromatic rings. The normalized spacial score (nSPS) is 11.9. The summed E-state index contributed by atoms with van der Waals surface area (Å²) in [4.78, 5) is 22.0. The monoisotopic (exact) mass is 238 g/mol. The van der Waals surface area contributed by atoms with Crippen molar-refractivity contribution in [3.63, 3.8) is 0 Å². The Hall–Kier alpha value is -1.88. The Morgan fingerprint density at radius 2 is 2.12 bits per heavy atom. The number of hydrogen-bond acceptors (Lipinski definition) is 4. The molecule has 0 saturated carbocycles. The Morgan fingerprint density at radius 3 is 2.65 bits per heavy atom. The molecule has 0 amide bonds. The van der Waals surface area contributed by atoms with Gasteiger partial charge >= 0.3 is 5.97 Å². The molecule has 1 atom stereocenters. The lowest BCUT2D eigenvalue weighted by molar-refractivity contribution is -0.147. The molecule has 0 fully saturated rings. The Balaban J connectivity index is 2.82. The molecule has 5 nitrogen and oxygen atoms in total. The van der Waals surface area contributed by atoms with E-state index in [0.29, 0.717) is 11.3 Å². The third-order valence-corrected chi connectivity index (χ3v) is 2.11. The van der Waals surface area contributed by atoms with Gasteiger partial charge in [-0.3, -0.25) is 4.79 Å². The fraction of sp³-hybridized carbons (Fsp3) is 0.333. The molecule has 1 N–H and O–H groups in total. The molecule has 1 rings (SSSR count). The van der Waals surface area contributed by atoms with Crippen LogP contribution in [0.25, 0.3) is 0 Å². The number of Topliss-reactive ketones (excluding diaryl/α,β-unsaturated/α-hetero) is 1. The minimum atomic E-state index is -1.11. The number of benzene rings is 1. The summed E-state index contributed by atoms with van der Waals surface area (Å²) >= 11 is 0. The minimum Gasteiger partial charge on any atom is -0.478 e. The molecule has 0 aromatic heterocycles. The van der Waals surface area contributed by atoms with Crippen molar-refractivity contribution in [2.24, 2.45) is 0 Å². The molecule has 0 heterocycles. The molecule has 92 valence electrons. The first-order chi connectivity index (χ1) is 8.04. The molecular formula is C12H14O5. The number of carbonyl (C=O) groups excluding carboxylic acids is 1. The molecule has 0 bridgehead atoms. The van der Waals surface area contributed by atoms with E-state index in [1.807, 2.05) is 0 Å². The molecule has 17 heavy (non-hydrogen) atoms. The molecule has 0 radical (unpaired) electrons. The standard InChI is InChI=1S/C12H14O5/c1-8(13)9-4-3-5-10(6-9)17-11(7-16-2)12(14)15/h3-6,11H,7H2,1-2H3,(H,14,15). The van der Waals surface area contributed by atoms with Crippen LogP contribution in [0.5, 0.6) is 5.75 Å². The average molecular weight is 238 g/mol. The largest absolute Gasteiger partial charge is 0.478 e. The number of ether oxygens (including phenoxy) is 2. The summed E-state index contributed by atoms with van der Waals surface area (Å²) in [5.41, 5.74) is 0.476. The Kier molecular flexibility index (Phi) is 4.66. The highest BCUT2D eigenvalue weighted by molar-refractivity contribution is 5.94. The van der Waals surface area contributed by atoms with Crippen LogP contribution in [0, 0.1) is 0 Å². The fourth-order valence-corrected chi connectivity index (χ4v) is 1.26. The zero-order valence-corrected chi connectivity index (χ0v) is 9.67. The van der Waals surface area contributed by atoms with Gasteiger partial charge in [0.2, 0.25) is 6.10 Å². The summed E-state index contributed by atoms with van der Waals surface area (Å²) in [6.45, 7) is 1.38. The predicted molar refractivity (Wildman–Crippen MR) is 60.4 cm³/mol. The van der Waals surface area contributed by atoms with Crippen molar-refractivity contribution in [3.05, 3.63) is 29.8 Å². The van der Waals surface area contributed by atoms with Crippen LogP contribution in [-0.4, -0.2) is 36.7 Å². The number of rotatable bonds is 6. The highest BCUT2D eigenvalue weighted by atomic mass is 16.5. The van der Waals surface area contributed by atoms with Crippen LogP contribution in [0.15, 0.2) is 24.3 Å². The van der Waals surface area contributed by atoms with Gasteiger partial charge < -0.3 is 14.6 Å². The van der Waals surface area contributed by atoms with Crippen LogP contribution in [0.3, 0.4) is 0 Å². The Bertz CT molecular complexity index is 413. The van der Waals surface area contributed by atoms with Gasteiger partial charge in [0, 0.05) is 12.7 Å². The summed E-state index contributed by atoms with van der Waals surface area (Å²) in [5, 5.41) is 8.87. The van der Waals surface area contributed by atoms with Crippen molar-refractivity contribution in [1.29, 1.82) is 0 Å². The van der Waals surface area contributed by atoms with E-state index in [1.54, 1.807) is 18.2 Å². The lowest BCUT2D eigenvalue weighted by Gasteiger charge is -2.14. The van der Waals surface area contributed by atoms with E-state index >= 15 is 0 Å². The first-order valence-corrected chi connectivity index (χ1v) is 5.04. The number of hydrogen-bond donors (Lipinski definition) is 1. The quantitative estimate of drug-likeness (QED) is 0.758. The van der Waals surface area contributed by atoms with E-state index in [1.165, 1.54) is 20.1 Å². The van der Waals surface area contributed by atoms with Gasteiger partial charge in [-0.25, -0.2) is 4.79 Å². The van der Waals surface area contributed by atoms with E-state index < -0.39 is 12.1 Å². The topological polar surface area (TPSA) is 72.8 Å². The van der Waals surface area contributed by atoms with E-state index in [0.717, 1.165) is 0 Å². The summed E-state index contributed by atoms with van der Waals surface area (Å²) in [6.07, 6.45) is -1.08. The van der Waals surface area contributed by atoms with Gasteiger partial charge in [0.05, 0.1) is 6.61 Å². The smallest absolute Gasteiger partial charge is 0.347 e. The lowest BCUT2D eigenvalue weighted by atomic mass is 10.1. The molecule has 0 saturated heterocycles. The van der Waals surface area contributed by atoms with Crippen LogP contribution >= 0.6 is 0 Å². The van der Waals surface area contributed by atoms with Gasteiger partial charge in [-0.1, -0.05) is 12.1 Å². The summed E-state index contributed by atoms with van der Waals surface area (Å²) in [7, 11) is 1.39. The van der Waals surface area contributed by atoms with E-state index in [2.05, 4.69) is 0 Å². The van der Waals surface area contributed by atoms with Crippen LogP contribution in [-0.2, 0) is 9.53 Å². The fourth-order valence-electron chi connectivity index (χ4n) is 1.26. The Labute approximate surface area is 99.0 Å². The number of methoxy groups -OCH3 is 1. The highest BCUT2D eigenvalue weighted by Gasteiger charge is 2.19. The maximum atomic E-state index is 11.1. The second-order valence-electron chi connectivity index (χ2n) is 3.48. The van der Waals surface area contributed by atoms with Crippen LogP contribution in [0.1, 0.15) is 17.3 Å². The third kappa shape index (κ3) is 3.88. The number of carbonyl (C=O) groups is 2. The van der Waals surface area contributed by atoms with E-state index in [9.17, 15) is 9.59 Å². The van der Waals surface area contributed by atoms with Crippen molar-refractivity contribution in [1.82, 2.24) is 0 Å². The number of carboxylic acid groups (broad SMARTS) is 1. The SMILES string of the molecule is COCC(Oc1cccc(C(C)=O)c1)C(=O)O. The second-order valence-corrected chi connectivity index (χ2v) is 3.48. The third-order valence-electron chi connectivity index (χ3n) is 2.11. The van der Waals surface area contributed by atoms with E-state index in [4.69, 9.17) is 14.6 Å². The van der Waals surface area contributed by atoms with Gasteiger partial charge in [-0.15, -0.1) is 0 Å². The van der Waals surface area contributed by atoms with Gasteiger partial charge in [0.25, 0.3) is 0 Å². The lowest BCUT2D eigenvalue weighted by Crippen LogP contribution is -2.31. The zero-order valence-electron chi connectivity index (χ0n) is 9.67. The summed E-state index contributed by atoms with van der Waals surface area (Å²) in [5.74, 6) is -0.878. The van der Waals surface area contributed by atoms with Gasteiger partial charge in [-0.05, 0) is 19.1 Å². The molecule has 5 heteroatoms. The highest BCUT2D eigenvalue weighted by Crippen LogP contribution is 2.15. The first kappa shape index (κ1) is 13.2. The van der Waals surface area contributed by atoms with Gasteiger partial charge in [0.1, 0.15) is 5.75 Å². The maximum absolute atomic E-state index is 11.1. The molecule has 0 aliphatic rings. The second kappa shape index (κ2) is 6.00. The van der Waals surface area contributed by atoms with Crippen LogP contribution < -0.4 is 4.74 Å². The van der Waals surface area contributed by atoms with Crippen molar-refractivity contribution in [2.75, 3.05) is 13.7 Å². The Morgan fingerprint density at radius 1 is 1.41 bits per heavy atom. The average Bonchev–Trinajstić information content (AvgIpc) is 2.28. The first-order valence-electron chi connectivity index (χ1n) is 5.04. The van der Waals surface area contributed by atoms with Crippen LogP contribution in [0.2, 0.25) is 0 Å². The molecule has 0 spiro atoms. The maximum Gasteiger partial charge on any atom is 0.347 e. The zero-order chi connectivity index (χ0) is 12.8. The molecule has 0 aliphatic heterocycles. The number of carboxylic acids is 1. The van der Waals surface area contributed by atoms with Crippen LogP contribution in [0.4, 0.5) is 0 Å². The van der Waals surface area contributed by atoms with E-state index in [-0.39, 0.29) is 12.4 Å². The molecule has 1 unspecified atom stereocenters. The van der Waals surface area contributed by atoms with Crippen molar-refractivity contribution in [2.45, 2.75) is 13.0 Å². The van der Waals surface area contributed by atoms with Crippen molar-refractivity contribution < 1.29 is 24.2 Å². The minimum absolute atomic E-state index is 0.0559. The van der Waals surface area contributed by atoms with Gasteiger partial charge in [0.15, 0.2) is 5.78 Å². The van der Waals surface area contributed by atoms with Crippen molar-refractivity contribution >= 4 is 11.8 Å². The predicted octanol–water partition coefficient (Wildman–Crippen LogP) is 1.37. The van der Waals surface area contributed by atoms with Gasteiger partial charge in [-0.2, -0.15) is 0 Å². The molecule has 1 aromatic carbocycles. The number of aliphatic carboxylic acids is 1. The van der Waals surface area contributed by atoms with Crippen molar-refractivity contribution in [3.8, 4) is 5.75 Å². The molecular weight excluding hydrogens is 224 g/mol. The number of ketones is 1. The summed E-state index contributed by atoms with van der Waals surface area (Å²) in [6, 6.07) is 6.38. The molecule has 0 aliphatic carbocycles.